The van der Waals surface area contributed by atoms with Crippen molar-refractivity contribution in [1.82, 2.24) is 5.32 Å². The first-order valence-corrected chi connectivity index (χ1v) is 13.2. The molecule has 0 unspecified atom stereocenters. The number of nitrogens with zero attached hydrogens (tertiary/aromatic N) is 1. The number of hydrogen-bond acceptors (Lipinski definition) is 4. The van der Waals surface area contributed by atoms with E-state index in [-0.39, 0.29) is 12.5 Å². The fraction of sp³-hybridized carbons (Fsp3) is 0.240. The van der Waals surface area contributed by atoms with Crippen molar-refractivity contribution in [3.63, 3.8) is 0 Å². The number of nitrogens with one attached hydrogen (secondary N) is 1. The van der Waals surface area contributed by atoms with Gasteiger partial charge in [-0.15, -0.1) is 0 Å². The molecule has 0 bridgehead atoms. The second kappa shape index (κ2) is 11.3. The first-order valence-electron chi connectivity index (χ1n) is 10.6. The molecule has 3 aromatic rings. The molecular formula is C25H27BrN2O4S. The maximum absolute atomic E-state index is 12.4. The lowest BCUT2D eigenvalue weighted by Gasteiger charge is -2.23. The van der Waals surface area contributed by atoms with Gasteiger partial charge in [-0.05, 0) is 69.9 Å². The Labute approximate surface area is 203 Å². The number of halogens is 1. The summed E-state index contributed by atoms with van der Waals surface area (Å²) < 4.78 is 32.4. The zero-order chi connectivity index (χ0) is 23.8. The van der Waals surface area contributed by atoms with E-state index in [1.54, 1.807) is 42.5 Å². The Morgan fingerprint density at radius 3 is 2.21 bits per heavy atom. The van der Waals surface area contributed by atoms with E-state index in [0.29, 0.717) is 28.9 Å². The van der Waals surface area contributed by atoms with E-state index in [4.69, 9.17) is 4.74 Å². The Morgan fingerprint density at radius 2 is 1.61 bits per heavy atom. The number of para-hydroxylation sites is 1. The van der Waals surface area contributed by atoms with Gasteiger partial charge in [-0.1, -0.05) is 43.3 Å². The molecule has 0 fully saturated rings. The molecular weight excluding hydrogens is 504 g/mol. The van der Waals surface area contributed by atoms with Gasteiger partial charge in [0.15, 0.2) is 0 Å². The van der Waals surface area contributed by atoms with E-state index in [2.05, 4.69) is 28.2 Å². The van der Waals surface area contributed by atoms with Crippen LogP contribution in [0.2, 0.25) is 0 Å². The Hall–Kier alpha value is -2.84. The summed E-state index contributed by atoms with van der Waals surface area (Å²) in [4.78, 5) is 12.4. The maximum Gasteiger partial charge on any atom is 0.251 e. The molecule has 0 atom stereocenters. The molecule has 8 heteroatoms. The van der Waals surface area contributed by atoms with E-state index in [1.807, 2.05) is 30.3 Å². The third-order valence-electron chi connectivity index (χ3n) is 5.05. The number of aryl methyl sites for hydroxylation is 1. The smallest absolute Gasteiger partial charge is 0.251 e. The molecule has 0 saturated carbocycles. The normalized spacial score (nSPS) is 11.1. The summed E-state index contributed by atoms with van der Waals surface area (Å²) in [6, 6.07) is 22.0. The predicted molar refractivity (Wildman–Crippen MR) is 135 cm³/mol. The molecule has 3 aromatic carbocycles. The highest BCUT2D eigenvalue weighted by atomic mass is 79.9. The van der Waals surface area contributed by atoms with Crippen LogP contribution in [0.4, 0.5) is 5.69 Å². The Kier molecular flexibility index (Phi) is 8.52. The van der Waals surface area contributed by atoms with Crippen LogP contribution >= 0.6 is 15.9 Å². The fourth-order valence-electron chi connectivity index (χ4n) is 3.22. The first kappa shape index (κ1) is 24.8. The van der Waals surface area contributed by atoms with Crippen LogP contribution < -0.4 is 14.4 Å². The van der Waals surface area contributed by atoms with Gasteiger partial charge in [-0.2, -0.15) is 0 Å². The number of anilines is 1. The summed E-state index contributed by atoms with van der Waals surface area (Å²) in [5.74, 6) is 0.559. The minimum Gasteiger partial charge on any atom is -0.492 e. The molecule has 33 heavy (non-hydrogen) atoms. The molecule has 0 heterocycles. The number of hydrogen-bond donors (Lipinski definition) is 1. The molecule has 174 valence electrons. The Morgan fingerprint density at radius 1 is 0.970 bits per heavy atom. The van der Waals surface area contributed by atoms with E-state index in [1.165, 1.54) is 16.1 Å². The maximum atomic E-state index is 12.4. The second-order valence-electron chi connectivity index (χ2n) is 7.52. The monoisotopic (exact) mass is 530 g/mol. The molecule has 6 nitrogen and oxygen atoms in total. The van der Waals surface area contributed by atoms with Crippen LogP contribution in [0.5, 0.6) is 5.75 Å². The summed E-state index contributed by atoms with van der Waals surface area (Å²) in [6.07, 6.45) is 2.15. The summed E-state index contributed by atoms with van der Waals surface area (Å²) >= 11 is 3.42. The zero-order valence-electron chi connectivity index (χ0n) is 18.6. The lowest BCUT2D eigenvalue weighted by molar-refractivity contribution is 0.0947. The molecule has 0 aliphatic rings. The number of ether oxygens (including phenoxy) is 1. The molecule has 0 saturated heterocycles. The van der Waals surface area contributed by atoms with Gasteiger partial charge in [0.25, 0.3) is 5.91 Å². The highest BCUT2D eigenvalue weighted by molar-refractivity contribution is 9.10. The van der Waals surface area contributed by atoms with E-state index >= 15 is 0 Å². The fourth-order valence-corrected chi connectivity index (χ4v) is 4.74. The average Bonchev–Trinajstić information content (AvgIpc) is 2.81. The van der Waals surface area contributed by atoms with Crippen molar-refractivity contribution in [1.29, 1.82) is 0 Å². The van der Waals surface area contributed by atoms with Crippen molar-refractivity contribution < 1.29 is 17.9 Å². The van der Waals surface area contributed by atoms with Crippen molar-refractivity contribution in [2.45, 2.75) is 19.9 Å². The summed E-state index contributed by atoms with van der Waals surface area (Å²) in [6.45, 7) is 3.00. The lowest BCUT2D eigenvalue weighted by atomic mass is 10.1. The number of amides is 1. The highest BCUT2D eigenvalue weighted by Crippen LogP contribution is 2.29. The van der Waals surface area contributed by atoms with E-state index in [9.17, 15) is 13.2 Å². The SMILES string of the molecule is CCc1ccc(OCCNC(=O)c2ccc(CN(c3ccccc3Br)S(C)(=O)=O)cc2)cc1. The van der Waals surface area contributed by atoms with Crippen LogP contribution in [0, 0.1) is 0 Å². The molecule has 0 spiro atoms. The molecule has 1 amide bonds. The van der Waals surface area contributed by atoms with Crippen LogP contribution in [-0.2, 0) is 23.0 Å². The van der Waals surface area contributed by atoms with Crippen molar-refractivity contribution >= 4 is 37.5 Å². The molecule has 0 radical (unpaired) electrons. The van der Waals surface area contributed by atoms with Crippen molar-refractivity contribution in [3.8, 4) is 5.75 Å². The molecule has 0 aliphatic carbocycles. The van der Waals surface area contributed by atoms with Gasteiger partial charge < -0.3 is 10.1 Å². The number of carbonyl (C=O) groups is 1. The van der Waals surface area contributed by atoms with Gasteiger partial charge in [0, 0.05) is 10.0 Å². The minimum absolute atomic E-state index is 0.161. The summed E-state index contributed by atoms with van der Waals surface area (Å²) in [7, 11) is -3.50. The van der Waals surface area contributed by atoms with E-state index in [0.717, 1.165) is 17.7 Å². The topological polar surface area (TPSA) is 75.7 Å². The first-order chi connectivity index (χ1) is 15.8. The molecule has 1 N–H and O–H groups in total. The van der Waals surface area contributed by atoms with Crippen LogP contribution in [0.15, 0.2) is 77.3 Å². The van der Waals surface area contributed by atoms with Crippen molar-refractivity contribution in [2.24, 2.45) is 0 Å². The average molecular weight is 531 g/mol. The van der Waals surface area contributed by atoms with E-state index < -0.39 is 10.0 Å². The highest BCUT2D eigenvalue weighted by Gasteiger charge is 2.20. The second-order valence-corrected chi connectivity index (χ2v) is 10.3. The van der Waals surface area contributed by atoms with Crippen molar-refractivity contribution in [2.75, 3.05) is 23.7 Å². The standard InChI is InChI=1S/C25H27BrN2O4S/c1-3-19-10-14-22(15-11-19)32-17-16-27-25(29)21-12-8-20(9-13-21)18-28(33(2,30)31)24-7-5-4-6-23(24)26/h4-15H,3,16-18H2,1-2H3,(H,27,29). The largest absolute Gasteiger partial charge is 0.492 e. The third kappa shape index (κ3) is 7.07. The van der Waals surface area contributed by atoms with Crippen molar-refractivity contribution in [3.05, 3.63) is 94.0 Å². The number of sulfonamides is 1. The minimum atomic E-state index is -3.50. The Balaban J connectivity index is 1.56. The van der Waals surface area contributed by atoms with Crippen LogP contribution in [0.1, 0.15) is 28.4 Å². The zero-order valence-corrected chi connectivity index (χ0v) is 21.0. The summed E-state index contributed by atoms with van der Waals surface area (Å²) in [5.41, 5.74) is 3.07. The van der Waals surface area contributed by atoms with Gasteiger partial charge in [0.05, 0.1) is 25.0 Å². The van der Waals surface area contributed by atoms with Gasteiger partial charge in [-0.25, -0.2) is 8.42 Å². The van der Waals surface area contributed by atoms with Crippen LogP contribution in [0.3, 0.4) is 0 Å². The van der Waals surface area contributed by atoms with Crippen LogP contribution in [0.25, 0.3) is 0 Å². The van der Waals surface area contributed by atoms with Gasteiger partial charge >= 0.3 is 0 Å². The molecule has 0 aromatic heterocycles. The number of rotatable bonds is 10. The van der Waals surface area contributed by atoms with Crippen LogP contribution in [-0.4, -0.2) is 33.7 Å². The third-order valence-corrected chi connectivity index (χ3v) is 6.85. The quantitative estimate of drug-likeness (QED) is 0.382. The Bertz CT molecular complexity index is 1180. The predicted octanol–water partition coefficient (Wildman–Crippen LogP) is 4.79. The number of benzene rings is 3. The number of carbonyl (C=O) groups excluding carboxylic acids is 1. The molecule has 3 rings (SSSR count). The lowest BCUT2D eigenvalue weighted by Crippen LogP contribution is -2.30. The van der Waals surface area contributed by atoms with Gasteiger partial charge in [0.1, 0.15) is 12.4 Å². The molecule has 0 aliphatic heterocycles. The van der Waals surface area contributed by atoms with Gasteiger partial charge in [0.2, 0.25) is 10.0 Å². The summed E-state index contributed by atoms with van der Waals surface area (Å²) in [5, 5.41) is 2.83. The van der Waals surface area contributed by atoms with Gasteiger partial charge in [-0.3, -0.25) is 9.10 Å².